The van der Waals surface area contributed by atoms with Gasteiger partial charge in [0, 0.05) is 5.92 Å². The van der Waals surface area contributed by atoms with Crippen molar-refractivity contribution in [3.8, 4) is 28.7 Å². The van der Waals surface area contributed by atoms with Gasteiger partial charge in [-0.15, -0.1) is 0 Å². The van der Waals surface area contributed by atoms with Crippen LogP contribution in [0.4, 0.5) is 0 Å². The molecule has 2 aliphatic heterocycles. The molecule has 4 rings (SSSR count). The fraction of sp³-hybridized carbons (Fsp3) is 0.435. The molecule has 0 aromatic heterocycles. The van der Waals surface area contributed by atoms with Gasteiger partial charge in [0.25, 0.3) is 0 Å². The number of esters is 1. The summed E-state index contributed by atoms with van der Waals surface area (Å²) in [4.78, 5) is 12.7. The Labute approximate surface area is 185 Å². The van der Waals surface area contributed by atoms with Gasteiger partial charge in [-0.3, -0.25) is 4.79 Å². The molecular formula is C23H26O9. The van der Waals surface area contributed by atoms with Crippen molar-refractivity contribution in [2.45, 2.75) is 18.6 Å². The van der Waals surface area contributed by atoms with Crippen LogP contribution in [-0.4, -0.2) is 57.0 Å². The van der Waals surface area contributed by atoms with E-state index in [0.29, 0.717) is 40.7 Å². The third-order valence-electron chi connectivity index (χ3n) is 5.93. The molecule has 1 fully saturated rings. The van der Waals surface area contributed by atoms with Crippen molar-refractivity contribution >= 4 is 5.97 Å². The number of carbonyl (C=O) groups is 1. The zero-order valence-electron chi connectivity index (χ0n) is 18.1. The highest BCUT2D eigenvalue weighted by atomic mass is 16.7. The van der Waals surface area contributed by atoms with E-state index in [1.165, 1.54) is 21.3 Å². The van der Waals surface area contributed by atoms with Crippen molar-refractivity contribution in [1.29, 1.82) is 0 Å². The van der Waals surface area contributed by atoms with Crippen molar-refractivity contribution < 1.29 is 43.4 Å². The Morgan fingerprint density at radius 1 is 1.03 bits per heavy atom. The molecule has 172 valence electrons. The number of benzene rings is 2. The lowest BCUT2D eigenvalue weighted by Crippen LogP contribution is -2.30. The third kappa shape index (κ3) is 3.89. The van der Waals surface area contributed by atoms with Crippen molar-refractivity contribution in [2.24, 2.45) is 11.8 Å². The van der Waals surface area contributed by atoms with Gasteiger partial charge in [0.15, 0.2) is 23.0 Å². The van der Waals surface area contributed by atoms with E-state index in [-0.39, 0.29) is 13.4 Å². The summed E-state index contributed by atoms with van der Waals surface area (Å²) in [6.45, 7) is -0.248. The van der Waals surface area contributed by atoms with E-state index in [9.17, 15) is 15.0 Å². The predicted octanol–water partition coefficient (Wildman–Crippen LogP) is 1.87. The summed E-state index contributed by atoms with van der Waals surface area (Å²) >= 11 is 0. The van der Waals surface area contributed by atoms with Gasteiger partial charge in [-0.05, 0) is 41.8 Å². The van der Waals surface area contributed by atoms with E-state index in [4.69, 9.17) is 28.4 Å². The standard InChI is InChI=1S/C23H26O9/c1-27-17-7-12(8-18(28-2)22(17)29-3)6-14-19(10-24)32-23(26)20(14)21(25)13-4-5-15-16(9-13)31-11-30-15/h4-5,7-9,14,19-21,24-25H,6,10-11H2,1-3H3/t14-,19-,20-,21-/m1/s1. The quantitative estimate of drug-likeness (QED) is 0.587. The molecule has 4 atom stereocenters. The molecule has 9 heteroatoms. The van der Waals surface area contributed by atoms with Crippen molar-refractivity contribution in [3.63, 3.8) is 0 Å². The third-order valence-corrected chi connectivity index (χ3v) is 5.93. The van der Waals surface area contributed by atoms with E-state index in [1.54, 1.807) is 30.3 Å². The highest BCUT2D eigenvalue weighted by Gasteiger charge is 2.48. The predicted molar refractivity (Wildman–Crippen MR) is 111 cm³/mol. The zero-order valence-corrected chi connectivity index (χ0v) is 18.1. The number of carbonyl (C=O) groups excluding carboxylic acids is 1. The molecule has 2 heterocycles. The van der Waals surface area contributed by atoms with Crippen molar-refractivity contribution in [3.05, 3.63) is 41.5 Å². The van der Waals surface area contributed by atoms with Gasteiger partial charge in [0.05, 0.1) is 40.0 Å². The summed E-state index contributed by atoms with van der Waals surface area (Å²) in [6, 6.07) is 8.60. The Morgan fingerprint density at radius 2 is 1.72 bits per heavy atom. The minimum Gasteiger partial charge on any atom is -0.493 e. The molecule has 0 bridgehead atoms. The molecule has 0 spiro atoms. The van der Waals surface area contributed by atoms with Gasteiger partial charge < -0.3 is 38.6 Å². The maximum absolute atomic E-state index is 12.7. The van der Waals surface area contributed by atoms with E-state index < -0.39 is 30.0 Å². The molecule has 0 amide bonds. The Morgan fingerprint density at radius 3 is 2.34 bits per heavy atom. The van der Waals surface area contributed by atoms with E-state index >= 15 is 0 Å². The van der Waals surface area contributed by atoms with Gasteiger partial charge >= 0.3 is 5.97 Å². The summed E-state index contributed by atoms with van der Waals surface area (Å²) < 4.78 is 32.3. The fourth-order valence-corrected chi connectivity index (χ4v) is 4.35. The van der Waals surface area contributed by atoms with Crippen LogP contribution < -0.4 is 23.7 Å². The van der Waals surface area contributed by atoms with Gasteiger partial charge in [-0.1, -0.05) is 6.07 Å². The molecule has 1 saturated heterocycles. The first-order chi connectivity index (χ1) is 15.5. The highest BCUT2D eigenvalue weighted by Crippen LogP contribution is 2.44. The van der Waals surface area contributed by atoms with Crippen LogP contribution >= 0.6 is 0 Å². The average molecular weight is 446 g/mol. The monoisotopic (exact) mass is 446 g/mol. The lowest BCUT2D eigenvalue weighted by Gasteiger charge is -2.24. The van der Waals surface area contributed by atoms with Crippen LogP contribution in [-0.2, 0) is 16.0 Å². The number of aliphatic hydroxyl groups excluding tert-OH is 2. The average Bonchev–Trinajstić information content (AvgIpc) is 3.41. The Kier molecular flexibility index (Phi) is 6.29. The Bertz CT molecular complexity index is 964. The number of rotatable bonds is 8. The molecule has 0 saturated carbocycles. The topological polar surface area (TPSA) is 113 Å². The Balaban J connectivity index is 1.65. The maximum Gasteiger partial charge on any atom is 0.312 e. The first kappa shape index (κ1) is 22.0. The summed E-state index contributed by atoms with van der Waals surface area (Å²) in [5, 5.41) is 21.0. The van der Waals surface area contributed by atoms with Crippen LogP contribution in [0.1, 0.15) is 17.2 Å². The number of ether oxygens (including phenoxy) is 6. The van der Waals surface area contributed by atoms with Crippen LogP contribution in [0, 0.1) is 11.8 Å². The van der Waals surface area contributed by atoms with Gasteiger partial charge in [-0.25, -0.2) is 0 Å². The Hall–Kier alpha value is -3.17. The number of hydrogen-bond donors (Lipinski definition) is 2. The number of hydrogen-bond acceptors (Lipinski definition) is 9. The lowest BCUT2D eigenvalue weighted by molar-refractivity contribution is -0.147. The molecule has 2 aliphatic rings. The van der Waals surface area contributed by atoms with Crippen LogP contribution in [0.2, 0.25) is 0 Å². The second-order valence-electron chi connectivity index (χ2n) is 7.64. The fourth-order valence-electron chi connectivity index (χ4n) is 4.35. The van der Waals surface area contributed by atoms with Crippen LogP contribution in [0.5, 0.6) is 28.7 Å². The number of fused-ring (bicyclic) bond motifs is 1. The lowest BCUT2D eigenvalue weighted by atomic mass is 9.80. The molecule has 2 N–H and O–H groups in total. The van der Waals surface area contributed by atoms with Crippen LogP contribution in [0.15, 0.2) is 30.3 Å². The summed E-state index contributed by atoms with van der Waals surface area (Å²) in [5.41, 5.74) is 1.29. The smallest absolute Gasteiger partial charge is 0.312 e. The first-order valence-corrected chi connectivity index (χ1v) is 10.2. The maximum atomic E-state index is 12.7. The van der Waals surface area contributed by atoms with E-state index in [0.717, 1.165) is 5.56 Å². The van der Waals surface area contributed by atoms with Gasteiger partial charge in [0.2, 0.25) is 12.5 Å². The number of methoxy groups -OCH3 is 3. The van der Waals surface area contributed by atoms with Crippen LogP contribution in [0.25, 0.3) is 0 Å². The zero-order chi connectivity index (χ0) is 22.8. The molecule has 0 radical (unpaired) electrons. The summed E-state index contributed by atoms with van der Waals surface area (Å²) in [5.74, 6) is 0.549. The molecule has 2 aromatic carbocycles. The number of cyclic esters (lactones) is 1. The molecule has 0 aliphatic carbocycles. The molecular weight excluding hydrogens is 420 g/mol. The second kappa shape index (κ2) is 9.13. The normalized spacial score (nSPS) is 22.4. The largest absolute Gasteiger partial charge is 0.493 e. The number of aliphatic hydroxyl groups is 2. The SMILES string of the molecule is COc1cc(C[C@H]2[C@H]([C@H](O)c3ccc4c(c3)OCO4)C(=O)O[C@@H]2CO)cc(OC)c1OC. The molecule has 32 heavy (non-hydrogen) atoms. The minimum absolute atomic E-state index is 0.108. The summed E-state index contributed by atoms with van der Waals surface area (Å²) in [7, 11) is 4.56. The van der Waals surface area contributed by atoms with Crippen LogP contribution in [0.3, 0.4) is 0 Å². The molecule has 0 unspecified atom stereocenters. The second-order valence-corrected chi connectivity index (χ2v) is 7.64. The van der Waals surface area contributed by atoms with Crippen molar-refractivity contribution in [1.82, 2.24) is 0 Å². The van der Waals surface area contributed by atoms with E-state index in [1.807, 2.05) is 0 Å². The van der Waals surface area contributed by atoms with E-state index in [2.05, 4.69) is 0 Å². The summed E-state index contributed by atoms with van der Waals surface area (Å²) in [6.07, 6.45) is -1.57. The first-order valence-electron chi connectivity index (χ1n) is 10.2. The minimum atomic E-state index is -1.15. The van der Waals surface area contributed by atoms with Crippen molar-refractivity contribution in [2.75, 3.05) is 34.7 Å². The highest BCUT2D eigenvalue weighted by molar-refractivity contribution is 5.76. The van der Waals surface area contributed by atoms with Gasteiger partial charge in [0.1, 0.15) is 6.10 Å². The van der Waals surface area contributed by atoms with Gasteiger partial charge in [-0.2, -0.15) is 0 Å². The molecule has 9 nitrogen and oxygen atoms in total. The molecule has 2 aromatic rings.